The van der Waals surface area contributed by atoms with E-state index in [4.69, 9.17) is 16.3 Å². The van der Waals surface area contributed by atoms with Crippen LogP contribution in [-0.4, -0.2) is 25.5 Å². The van der Waals surface area contributed by atoms with E-state index in [1.54, 1.807) is 32.1 Å². The second-order valence-electron chi connectivity index (χ2n) is 5.02. The molecule has 0 aliphatic rings. The minimum atomic E-state index is -0.749. The number of benzene rings is 1. The largest absolute Gasteiger partial charge is 0.494 e. The van der Waals surface area contributed by atoms with Crippen LogP contribution in [0.4, 0.5) is 0 Å². The highest BCUT2D eigenvalue weighted by Crippen LogP contribution is 2.33. The van der Waals surface area contributed by atoms with Gasteiger partial charge in [-0.3, -0.25) is 4.79 Å². The van der Waals surface area contributed by atoms with Crippen LogP contribution >= 0.6 is 11.6 Å². The van der Waals surface area contributed by atoms with E-state index in [1.807, 2.05) is 0 Å². The molecule has 0 bridgehead atoms. The number of carboxylic acids is 1. The number of unbranched alkanes of at least 4 members (excludes halogenated alkanes) is 1. The quantitative estimate of drug-likeness (QED) is 0.745. The topological polar surface area (TPSA) is 46.5 Å². The Hall–Kier alpha value is -1.16. The molecule has 0 fully saturated rings. The molecule has 0 saturated heterocycles. The van der Waals surface area contributed by atoms with E-state index in [9.17, 15) is 9.90 Å². The summed E-state index contributed by atoms with van der Waals surface area (Å²) in [6.45, 7) is 2.46. The number of carboxylic acid groups (broad SMARTS) is 1. The summed E-state index contributed by atoms with van der Waals surface area (Å²) in [5.41, 5.74) is 0. The van der Waals surface area contributed by atoms with Crippen molar-refractivity contribution in [1.82, 2.24) is 0 Å². The SMILES string of the molecule is BC(CCCC)(CCOc1ccc(Cl)cc1)C(=O)O. The van der Waals surface area contributed by atoms with Crippen molar-refractivity contribution in [2.75, 3.05) is 6.61 Å². The van der Waals surface area contributed by atoms with Gasteiger partial charge in [0.2, 0.25) is 0 Å². The summed E-state index contributed by atoms with van der Waals surface area (Å²) in [4.78, 5) is 11.3. The summed E-state index contributed by atoms with van der Waals surface area (Å²) in [6, 6.07) is 7.08. The van der Waals surface area contributed by atoms with Gasteiger partial charge in [0, 0.05) is 10.3 Å². The molecule has 3 nitrogen and oxygen atoms in total. The molecule has 0 radical (unpaired) electrons. The molecule has 1 aromatic rings. The first-order valence-electron chi connectivity index (χ1n) is 6.60. The Labute approximate surface area is 120 Å². The summed E-state index contributed by atoms with van der Waals surface area (Å²) in [7, 11) is 1.79. The Bertz CT molecular complexity index is 408. The maximum Gasteiger partial charge on any atom is 0.301 e. The van der Waals surface area contributed by atoms with Crippen molar-refractivity contribution < 1.29 is 14.6 Å². The third-order valence-corrected chi connectivity index (χ3v) is 3.59. The second kappa shape index (κ2) is 7.44. The van der Waals surface area contributed by atoms with Crippen LogP contribution in [-0.2, 0) is 4.79 Å². The van der Waals surface area contributed by atoms with Gasteiger partial charge in [-0.15, -0.1) is 0 Å². The molecular formula is C14H20BClO3. The Kier molecular flexibility index (Phi) is 6.22. The van der Waals surface area contributed by atoms with Crippen molar-refractivity contribution in [1.29, 1.82) is 0 Å². The first kappa shape index (κ1) is 15.9. The predicted octanol–water partition coefficient (Wildman–Crippen LogP) is 3.18. The summed E-state index contributed by atoms with van der Waals surface area (Å²) in [5, 5.41) is 9.27. The van der Waals surface area contributed by atoms with Crippen molar-refractivity contribution in [3.8, 4) is 5.75 Å². The molecule has 1 aromatic carbocycles. The Balaban J connectivity index is 2.48. The van der Waals surface area contributed by atoms with Crippen molar-refractivity contribution in [2.45, 2.75) is 37.9 Å². The normalized spacial score (nSPS) is 13.8. The molecule has 0 heterocycles. The van der Waals surface area contributed by atoms with E-state index in [1.165, 1.54) is 0 Å². The third-order valence-electron chi connectivity index (χ3n) is 3.33. The zero-order valence-electron chi connectivity index (χ0n) is 11.5. The van der Waals surface area contributed by atoms with Crippen molar-refractivity contribution >= 4 is 25.4 Å². The molecule has 5 heteroatoms. The summed E-state index contributed by atoms with van der Waals surface area (Å²) in [6.07, 6.45) is 3.11. The number of carbonyl (C=O) groups is 1. The molecule has 1 atom stereocenters. The number of ether oxygens (including phenoxy) is 1. The molecule has 19 heavy (non-hydrogen) atoms. The molecule has 0 amide bonds. The van der Waals surface area contributed by atoms with E-state index < -0.39 is 11.3 Å². The highest BCUT2D eigenvalue weighted by Gasteiger charge is 2.32. The van der Waals surface area contributed by atoms with Crippen LogP contribution in [0.25, 0.3) is 0 Å². The zero-order valence-corrected chi connectivity index (χ0v) is 12.2. The van der Waals surface area contributed by atoms with E-state index in [-0.39, 0.29) is 0 Å². The van der Waals surface area contributed by atoms with Gasteiger partial charge in [-0.05, 0) is 37.1 Å². The first-order valence-corrected chi connectivity index (χ1v) is 6.97. The van der Waals surface area contributed by atoms with Gasteiger partial charge in [-0.25, -0.2) is 0 Å². The van der Waals surface area contributed by atoms with Crippen LogP contribution in [0.1, 0.15) is 32.6 Å². The fourth-order valence-corrected chi connectivity index (χ4v) is 1.96. The van der Waals surface area contributed by atoms with Crippen LogP contribution < -0.4 is 4.74 Å². The van der Waals surface area contributed by atoms with Gasteiger partial charge in [-0.2, -0.15) is 0 Å². The van der Waals surface area contributed by atoms with Crippen LogP contribution in [0.2, 0.25) is 10.3 Å². The van der Waals surface area contributed by atoms with Crippen LogP contribution in [0.5, 0.6) is 5.75 Å². The second-order valence-corrected chi connectivity index (χ2v) is 5.46. The van der Waals surface area contributed by atoms with Crippen LogP contribution in [0, 0.1) is 0 Å². The van der Waals surface area contributed by atoms with Gasteiger partial charge >= 0.3 is 5.97 Å². The Morgan fingerprint density at radius 2 is 2.00 bits per heavy atom. The summed E-state index contributed by atoms with van der Waals surface area (Å²) < 4.78 is 5.56. The van der Waals surface area contributed by atoms with Gasteiger partial charge in [0.15, 0.2) is 0 Å². The monoisotopic (exact) mass is 282 g/mol. The number of hydrogen-bond acceptors (Lipinski definition) is 2. The van der Waals surface area contributed by atoms with Crippen molar-refractivity contribution in [2.24, 2.45) is 0 Å². The highest BCUT2D eigenvalue weighted by atomic mass is 35.5. The smallest absolute Gasteiger partial charge is 0.301 e. The average Bonchev–Trinajstić information content (AvgIpc) is 2.38. The van der Waals surface area contributed by atoms with Gasteiger partial charge in [0.25, 0.3) is 0 Å². The standard InChI is InChI=1S/C14H20BClO3/c1-2-3-8-14(15,13(17)18)9-10-19-12-6-4-11(16)5-7-12/h4-7H,2-3,8-10,15H2,1H3,(H,17,18). The minimum absolute atomic E-state index is 0.397. The molecule has 1 rings (SSSR count). The number of halogens is 1. The van der Waals surface area contributed by atoms with Crippen LogP contribution in [0.3, 0.4) is 0 Å². The van der Waals surface area contributed by atoms with E-state index in [0.29, 0.717) is 30.2 Å². The highest BCUT2D eigenvalue weighted by molar-refractivity contribution is 6.30. The first-order chi connectivity index (χ1) is 8.98. The molecular weight excluding hydrogens is 262 g/mol. The van der Waals surface area contributed by atoms with Gasteiger partial charge in [0.05, 0.1) is 6.61 Å². The van der Waals surface area contributed by atoms with Crippen molar-refractivity contribution in [3.63, 3.8) is 0 Å². The zero-order chi connectivity index (χ0) is 14.3. The van der Waals surface area contributed by atoms with Crippen LogP contribution in [0.15, 0.2) is 24.3 Å². The number of aliphatic carboxylic acids is 1. The van der Waals surface area contributed by atoms with Gasteiger partial charge < -0.3 is 9.84 Å². The number of hydrogen-bond donors (Lipinski definition) is 1. The van der Waals surface area contributed by atoms with Crippen molar-refractivity contribution in [3.05, 3.63) is 29.3 Å². The fourth-order valence-electron chi connectivity index (χ4n) is 1.83. The molecule has 0 aliphatic heterocycles. The average molecular weight is 283 g/mol. The predicted molar refractivity (Wildman–Crippen MR) is 80.0 cm³/mol. The Morgan fingerprint density at radius 3 is 2.53 bits per heavy atom. The summed E-state index contributed by atoms with van der Waals surface area (Å²) in [5.74, 6) is -0.0340. The molecule has 0 aliphatic carbocycles. The maximum atomic E-state index is 11.3. The molecule has 0 saturated carbocycles. The van der Waals surface area contributed by atoms with E-state index in [2.05, 4.69) is 6.92 Å². The Morgan fingerprint density at radius 1 is 1.37 bits per heavy atom. The third kappa shape index (κ3) is 5.15. The lowest BCUT2D eigenvalue weighted by Crippen LogP contribution is -2.26. The fraction of sp³-hybridized carbons (Fsp3) is 0.500. The van der Waals surface area contributed by atoms with Gasteiger partial charge in [0.1, 0.15) is 13.6 Å². The lowest BCUT2D eigenvalue weighted by Gasteiger charge is -2.24. The molecule has 0 spiro atoms. The molecule has 104 valence electrons. The van der Waals surface area contributed by atoms with E-state index >= 15 is 0 Å². The minimum Gasteiger partial charge on any atom is -0.494 e. The van der Waals surface area contributed by atoms with E-state index in [0.717, 1.165) is 12.8 Å². The summed E-state index contributed by atoms with van der Waals surface area (Å²) >= 11 is 5.78. The molecule has 1 unspecified atom stereocenters. The maximum absolute atomic E-state index is 11.3. The molecule has 1 N–H and O–H groups in total. The lowest BCUT2D eigenvalue weighted by atomic mass is 9.63. The van der Waals surface area contributed by atoms with Gasteiger partial charge in [-0.1, -0.05) is 31.4 Å². The lowest BCUT2D eigenvalue weighted by molar-refractivity contribution is -0.141. The number of rotatable bonds is 8. The molecule has 0 aromatic heterocycles.